The van der Waals surface area contributed by atoms with Crippen molar-refractivity contribution in [3.05, 3.63) is 151 Å². The zero-order valence-electron chi connectivity index (χ0n) is 24.6. The van der Waals surface area contributed by atoms with Crippen molar-refractivity contribution in [2.75, 3.05) is 0 Å². The monoisotopic (exact) mass is 563 g/mol. The maximum absolute atomic E-state index is 5.26. The van der Waals surface area contributed by atoms with Crippen LogP contribution < -0.4 is 0 Å². The molecule has 0 unspecified atom stereocenters. The molecule has 8 aromatic rings. The van der Waals surface area contributed by atoms with Crippen LogP contribution in [0.25, 0.3) is 72.2 Å². The Bertz CT molecular complexity index is 2340. The van der Waals surface area contributed by atoms with Crippen LogP contribution in [-0.2, 0) is 5.41 Å². The van der Waals surface area contributed by atoms with Gasteiger partial charge in [-0.25, -0.2) is 9.97 Å². The van der Waals surface area contributed by atoms with Gasteiger partial charge in [-0.15, -0.1) is 0 Å². The summed E-state index contributed by atoms with van der Waals surface area (Å²) in [6.07, 6.45) is 0. The lowest BCUT2D eigenvalue weighted by Gasteiger charge is -2.35. The van der Waals surface area contributed by atoms with E-state index in [4.69, 9.17) is 9.97 Å². The molecule has 44 heavy (non-hydrogen) atoms. The average molecular weight is 564 g/mol. The van der Waals surface area contributed by atoms with Crippen molar-refractivity contribution in [2.45, 2.75) is 19.3 Å². The Morgan fingerprint density at radius 3 is 2.05 bits per heavy atom. The Kier molecular flexibility index (Phi) is 5.24. The molecule has 0 spiro atoms. The van der Waals surface area contributed by atoms with Gasteiger partial charge in [0, 0.05) is 38.9 Å². The second kappa shape index (κ2) is 9.23. The lowest BCUT2D eigenvalue weighted by molar-refractivity contribution is 0.645. The molecule has 0 saturated heterocycles. The van der Waals surface area contributed by atoms with Gasteiger partial charge in [0.15, 0.2) is 5.82 Å². The molecule has 1 aliphatic carbocycles. The standard InChI is InChI=1S/C41H29N3/c1-41(2)31-21-11-9-19-29(31)39-37-28(18-13-22-32(37)41)24-35-38(39)30-20-10-12-23-34(30)44(35)36-25-33(26-14-5-3-6-15-26)42-40(43-36)27-16-7-4-8-17-27/h3-25H,1-2H3. The van der Waals surface area contributed by atoms with Crippen molar-refractivity contribution in [2.24, 2.45) is 0 Å². The highest BCUT2D eigenvalue weighted by molar-refractivity contribution is 6.24. The van der Waals surface area contributed by atoms with Crippen LogP contribution >= 0.6 is 0 Å². The van der Waals surface area contributed by atoms with E-state index in [9.17, 15) is 0 Å². The third-order valence-electron chi connectivity index (χ3n) is 9.39. The van der Waals surface area contributed by atoms with Gasteiger partial charge in [0.25, 0.3) is 0 Å². The summed E-state index contributed by atoms with van der Waals surface area (Å²) in [5, 5.41) is 5.09. The molecule has 0 N–H and O–H groups in total. The van der Waals surface area contributed by atoms with Crippen LogP contribution in [0, 0.1) is 0 Å². The van der Waals surface area contributed by atoms with E-state index in [-0.39, 0.29) is 5.41 Å². The summed E-state index contributed by atoms with van der Waals surface area (Å²) >= 11 is 0. The molecule has 0 bridgehead atoms. The molecule has 0 aliphatic heterocycles. The number of fused-ring (bicyclic) bond motifs is 6. The summed E-state index contributed by atoms with van der Waals surface area (Å²) < 4.78 is 2.34. The summed E-state index contributed by atoms with van der Waals surface area (Å²) in [7, 11) is 0. The predicted molar refractivity (Wildman–Crippen MR) is 182 cm³/mol. The quantitative estimate of drug-likeness (QED) is 0.214. The van der Waals surface area contributed by atoms with Crippen LogP contribution in [0.5, 0.6) is 0 Å². The van der Waals surface area contributed by atoms with Crippen LogP contribution in [0.1, 0.15) is 25.0 Å². The zero-order valence-corrected chi connectivity index (χ0v) is 24.6. The molecule has 0 atom stereocenters. The fourth-order valence-electron chi connectivity index (χ4n) is 7.35. The summed E-state index contributed by atoms with van der Waals surface area (Å²) in [6.45, 7) is 4.71. The summed E-state index contributed by atoms with van der Waals surface area (Å²) in [4.78, 5) is 10.3. The first kappa shape index (κ1) is 25.0. The molecule has 0 saturated carbocycles. The second-order valence-corrected chi connectivity index (χ2v) is 12.2. The Morgan fingerprint density at radius 2 is 1.23 bits per heavy atom. The van der Waals surface area contributed by atoms with Gasteiger partial charge in [0.2, 0.25) is 0 Å². The van der Waals surface area contributed by atoms with Crippen LogP contribution in [0.2, 0.25) is 0 Å². The fourth-order valence-corrected chi connectivity index (χ4v) is 7.35. The van der Waals surface area contributed by atoms with Gasteiger partial charge in [-0.05, 0) is 39.6 Å². The molecule has 6 aromatic carbocycles. The Morgan fingerprint density at radius 1 is 0.545 bits per heavy atom. The third kappa shape index (κ3) is 3.50. The van der Waals surface area contributed by atoms with E-state index in [0.717, 1.165) is 33.7 Å². The second-order valence-electron chi connectivity index (χ2n) is 12.2. The van der Waals surface area contributed by atoms with Crippen LogP contribution in [0.4, 0.5) is 0 Å². The molecule has 208 valence electrons. The first-order valence-electron chi connectivity index (χ1n) is 15.2. The molecule has 0 fully saturated rings. The zero-order chi connectivity index (χ0) is 29.4. The van der Waals surface area contributed by atoms with E-state index in [1.807, 2.05) is 24.3 Å². The first-order chi connectivity index (χ1) is 21.6. The number of aromatic nitrogens is 3. The Balaban J connectivity index is 1.45. The first-order valence-corrected chi connectivity index (χ1v) is 15.2. The highest BCUT2D eigenvalue weighted by Crippen LogP contribution is 2.52. The lowest BCUT2D eigenvalue weighted by atomic mass is 9.68. The molecule has 9 rings (SSSR count). The van der Waals surface area contributed by atoms with Gasteiger partial charge in [-0.2, -0.15) is 0 Å². The van der Waals surface area contributed by atoms with E-state index < -0.39 is 0 Å². The largest absolute Gasteiger partial charge is 0.294 e. The smallest absolute Gasteiger partial charge is 0.162 e. The molecule has 0 amide bonds. The van der Waals surface area contributed by atoms with Gasteiger partial charge in [-0.3, -0.25) is 4.57 Å². The van der Waals surface area contributed by atoms with Crippen molar-refractivity contribution in [3.8, 4) is 39.6 Å². The van der Waals surface area contributed by atoms with Crippen molar-refractivity contribution in [1.29, 1.82) is 0 Å². The number of benzene rings is 6. The number of hydrogen-bond acceptors (Lipinski definition) is 2. The number of para-hydroxylation sites is 1. The van der Waals surface area contributed by atoms with E-state index >= 15 is 0 Å². The molecule has 1 aliphatic rings. The topological polar surface area (TPSA) is 30.7 Å². The van der Waals surface area contributed by atoms with Gasteiger partial charge >= 0.3 is 0 Å². The van der Waals surface area contributed by atoms with Gasteiger partial charge in [-0.1, -0.05) is 135 Å². The molecule has 2 aromatic heterocycles. The fraction of sp³-hybridized carbons (Fsp3) is 0.0732. The normalized spacial score (nSPS) is 13.4. The van der Waals surface area contributed by atoms with E-state index in [2.05, 4.69) is 134 Å². The van der Waals surface area contributed by atoms with Crippen LogP contribution in [0.15, 0.2) is 140 Å². The van der Waals surface area contributed by atoms with Gasteiger partial charge < -0.3 is 0 Å². The predicted octanol–water partition coefficient (Wildman–Crippen LogP) is 10.4. The van der Waals surface area contributed by atoms with Gasteiger partial charge in [0.1, 0.15) is 5.82 Å². The molecule has 2 heterocycles. The van der Waals surface area contributed by atoms with E-state index in [0.29, 0.717) is 5.82 Å². The number of nitrogens with zero attached hydrogens (tertiary/aromatic N) is 3. The van der Waals surface area contributed by atoms with Crippen LogP contribution in [0.3, 0.4) is 0 Å². The maximum atomic E-state index is 5.26. The van der Waals surface area contributed by atoms with E-state index in [1.165, 1.54) is 43.8 Å². The molecular weight excluding hydrogens is 534 g/mol. The number of rotatable bonds is 3. The van der Waals surface area contributed by atoms with Crippen LogP contribution in [-0.4, -0.2) is 14.5 Å². The maximum Gasteiger partial charge on any atom is 0.162 e. The minimum absolute atomic E-state index is 0.100. The molecular formula is C41H29N3. The Hall–Kier alpha value is -5.54. The highest BCUT2D eigenvalue weighted by atomic mass is 15.1. The minimum Gasteiger partial charge on any atom is -0.294 e. The number of hydrogen-bond donors (Lipinski definition) is 0. The lowest BCUT2D eigenvalue weighted by Crippen LogP contribution is -2.23. The SMILES string of the molecule is CC1(C)c2ccccc2-c2c3c1cccc3cc1c2c2ccccc2n1-c1cc(-c2ccccc2)nc(-c2ccccc2)n1. The third-order valence-corrected chi connectivity index (χ3v) is 9.39. The molecule has 0 radical (unpaired) electrons. The van der Waals surface area contributed by atoms with Crippen molar-refractivity contribution >= 4 is 32.6 Å². The van der Waals surface area contributed by atoms with Crippen molar-refractivity contribution in [3.63, 3.8) is 0 Å². The summed E-state index contributed by atoms with van der Waals surface area (Å²) in [5.74, 6) is 1.57. The summed E-state index contributed by atoms with van der Waals surface area (Å²) in [6, 6.07) is 49.7. The summed E-state index contributed by atoms with van der Waals surface area (Å²) in [5.41, 5.74) is 10.5. The minimum atomic E-state index is -0.100. The van der Waals surface area contributed by atoms with Crippen molar-refractivity contribution in [1.82, 2.24) is 14.5 Å². The highest BCUT2D eigenvalue weighted by Gasteiger charge is 2.35. The molecule has 3 nitrogen and oxygen atoms in total. The van der Waals surface area contributed by atoms with Crippen molar-refractivity contribution < 1.29 is 0 Å². The molecule has 3 heteroatoms. The Labute approximate surface area is 256 Å². The van der Waals surface area contributed by atoms with E-state index in [1.54, 1.807) is 0 Å². The van der Waals surface area contributed by atoms with Gasteiger partial charge in [0.05, 0.1) is 16.7 Å². The average Bonchev–Trinajstić information content (AvgIpc) is 3.41.